The Labute approximate surface area is 174 Å². The molecule has 1 saturated heterocycles. The van der Waals surface area contributed by atoms with Crippen molar-refractivity contribution in [2.24, 2.45) is 5.92 Å². The number of aromatic nitrogens is 3. The number of rotatable bonds is 7. The van der Waals surface area contributed by atoms with E-state index in [9.17, 15) is 4.79 Å². The molecule has 3 rings (SSSR count). The average Bonchev–Trinajstić information content (AvgIpc) is 3.21. The van der Waals surface area contributed by atoms with Gasteiger partial charge < -0.3 is 9.64 Å². The molecule has 0 spiro atoms. The fourth-order valence-electron chi connectivity index (χ4n) is 3.74. The van der Waals surface area contributed by atoms with Crippen LogP contribution in [0, 0.1) is 5.92 Å². The molecule has 1 aliphatic rings. The largest absolute Gasteiger partial charge is 0.493 e. The van der Waals surface area contributed by atoms with Crippen LogP contribution in [0.1, 0.15) is 70.6 Å². The molecule has 6 nitrogen and oxygen atoms in total. The smallest absolute Gasteiger partial charge is 0.232 e. The molecule has 2 heterocycles. The van der Waals surface area contributed by atoms with Crippen molar-refractivity contribution in [2.45, 2.75) is 65.2 Å². The van der Waals surface area contributed by atoms with Crippen LogP contribution in [0.2, 0.25) is 0 Å². The minimum Gasteiger partial charge on any atom is -0.493 e. The standard InChI is InChI=1S/C23H34N4O2/c1-6-20-24-21(26-25-20)17-11-13-27(14-12-17)22(28)23(4,5)18-7-9-19(10-8-18)29-15-16(2)3/h7-10,16-17H,6,11-15H2,1-5H3,(H,24,25,26). The summed E-state index contributed by atoms with van der Waals surface area (Å²) in [5, 5.41) is 7.36. The Morgan fingerprint density at radius 2 is 1.90 bits per heavy atom. The molecule has 0 unspecified atom stereocenters. The third-order valence-corrected chi connectivity index (χ3v) is 5.73. The number of benzene rings is 1. The maximum absolute atomic E-state index is 13.3. The van der Waals surface area contributed by atoms with Gasteiger partial charge in [0.15, 0.2) is 5.82 Å². The number of aromatic amines is 1. The van der Waals surface area contributed by atoms with Crippen LogP contribution in [-0.2, 0) is 16.6 Å². The summed E-state index contributed by atoms with van der Waals surface area (Å²) in [7, 11) is 0. The van der Waals surface area contributed by atoms with Crippen molar-refractivity contribution in [3.63, 3.8) is 0 Å². The van der Waals surface area contributed by atoms with Gasteiger partial charge in [-0.1, -0.05) is 32.9 Å². The highest BCUT2D eigenvalue weighted by molar-refractivity contribution is 5.87. The van der Waals surface area contributed by atoms with E-state index in [0.29, 0.717) is 18.4 Å². The van der Waals surface area contributed by atoms with Crippen LogP contribution in [-0.4, -0.2) is 45.7 Å². The third kappa shape index (κ3) is 4.98. The van der Waals surface area contributed by atoms with Gasteiger partial charge in [0, 0.05) is 25.4 Å². The summed E-state index contributed by atoms with van der Waals surface area (Å²) in [6.45, 7) is 12.5. The van der Waals surface area contributed by atoms with Gasteiger partial charge in [-0.2, -0.15) is 5.10 Å². The minimum atomic E-state index is -0.566. The summed E-state index contributed by atoms with van der Waals surface area (Å²) in [6, 6.07) is 7.96. The number of hydrogen-bond donors (Lipinski definition) is 1. The van der Waals surface area contributed by atoms with E-state index in [0.717, 1.165) is 55.3 Å². The average molecular weight is 399 g/mol. The van der Waals surface area contributed by atoms with Gasteiger partial charge in [0.05, 0.1) is 12.0 Å². The predicted octanol–water partition coefficient (Wildman–Crippen LogP) is 4.09. The van der Waals surface area contributed by atoms with E-state index in [2.05, 4.69) is 36.0 Å². The Morgan fingerprint density at radius 1 is 1.24 bits per heavy atom. The lowest BCUT2D eigenvalue weighted by Gasteiger charge is -2.36. The van der Waals surface area contributed by atoms with Gasteiger partial charge in [0.2, 0.25) is 5.91 Å². The molecule has 1 aromatic heterocycles. The number of carbonyl (C=O) groups excluding carboxylic acids is 1. The Hall–Kier alpha value is -2.37. The lowest BCUT2D eigenvalue weighted by molar-refractivity contribution is -0.137. The minimum absolute atomic E-state index is 0.177. The molecule has 158 valence electrons. The molecule has 1 N–H and O–H groups in total. The molecule has 0 bridgehead atoms. The van der Waals surface area contributed by atoms with Crippen LogP contribution >= 0.6 is 0 Å². The Morgan fingerprint density at radius 3 is 2.45 bits per heavy atom. The zero-order chi connectivity index (χ0) is 21.0. The Bertz CT molecular complexity index is 803. The lowest BCUT2D eigenvalue weighted by Crippen LogP contribution is -2.46. The third-order valence-electron chi connectivity index (χ3n) is 5.73. The number of piperidine rings is 1. The van der Waals surface area contributed by atoms with Crippen LogP contribution in [0.4, 0.5) is 0 Å². The number of H-pyrrole nitrogens is 1. The number of hydrogen-bond acceptors (Lipinski definition) is 4. The summed E-state index contributed by atoms with van der Waals surface area (Å²) in [6.07, 6.45) is 2.68. The summed E-state index contributed by atoms with van der Waals surface area (Å²) in [5.74, 6) is 3.67. The molecular weight excluding hydrogens is 364 g/mol. The van der Waals surface area contributed by atoms with Crippen molar-refractivity contribution < 1.29 is 9.53 Å². The summed E-state index contributed by atoms with van der Waals surface area (Å²) in [5.41, 5.74) is 0.451. The second-order valence-corrected chi connectivity index (χ2v) is 8.91. The first-order valence-corrected chi connectivity index (χ1v) is 10.7. The normalized spacial score (nSPS) is 15.7. The van der Waals surface area contributed by atoms with Crippen LogP contribution in [0.5, 0.6) is 5.75 Å². The molecule has 1 amide bonds. The van der Waals surface area contributed by atoms with Crippen molar-refractivity contribution in [2.75, 3.05) is 19.7 Å². The lowest BCUT2D eigenvalue weighted by atomic mass is 9.82. The molecule has 1 aromatic carbocycles. The number of aryl methyl sites for hydroxylation is 1. The molecule has 6 heteroatoms. The summed E-state index contributed by atoms with van der Waals surface area (Å²) >= 11 is 0. The molecule has 0 aliphatic carbocycles. The topological polar surface area (TPSA) is 71.1 Å². The monoisotopic (exact) mass is 398 g/mol. The number of ether oxygens (including phenoxy) is 1. The number of carbonyl (C=O) groups is 1. The molecule has 0 radical (unpaired) electrons. The highest BCUT2D eigenvalue weighted by Crippen LogP contribution is 2.31. The van der Waals surface area contributed by atoms with Gasteiger partial charge >= 0.3 is 0 Å². The van der Waals surface area contributed by atoms with E-state index in [1.807, 2.05) is 43.0 Å². The van der Waals surface area contributed by atoms with Gasteiger partial charge in [-0.25, -0.2) is 4.98 Å². The summed E-state index contributed by atoms with van der Waals surface area (Å²) < 4.78 is 5.77. The number of likely N-dealkylation sites (tertiary alicyclic amines) is 1. The van der Waals surface area contributed by atoms with Gasteiger partial charge in [-0.3, -0.25) is 9.89 Å². The van der Waals surface area contributed by atoms with Crippen LogP contribution in [0.25, 0.3) is 0 Å². The first-order chi connectivity index (χ1) is 13.8. The zero-order valence-electron chi connectivity index (χ0n) is 18.4. The van der Waals surface area contributed by atoms with E-state index in [-0.39, 0.29) is 5.91 Å². The second kappa shape index (κ2) is 8.97. The molecule has 29 heavy (non-hydrogen) atoms. The molecule has 0 saturated carbocycles. The maximum Gasteiger partial charge on any atom is 0.232 e. The van der Waals surface area contributed by atoms with Crippen molar-refractivity contribution in [3.8, 4) is 5.75 Å². The fourth-order valence-corrected chi connectivity index (χ4v) is 3.74. The molecule has 2 aromatic rings. The van der Waals surface area contributed by atoms with E-state index >= 15 is 0 Å². The van der Waals surface area contributed by atoms with Gasteiger partial charge in [-0.15, -0.1) is 0 Å². The Balaban J connectivity index is 1.60. The number of nitrogens with zero attached hydrogens (tertiary/aromatic N) is 3. The molecular formula is C23H34N4O2. The SMILES string of the molecule is CCc1nc(C2CCN(C(=O)C(C)(C)c3ccc(OCC(C)C)cc3)CC2)n[nH]1. The van der Waals surface area contributed by atoms with Crippen molar-refractivity contribution in [1.82, 2.24) is 20.1 Å². The van der Waals surface area contributed by atoms with Gasteiger partial charge in [0.25, 0.3) is 0 Å². The van der Waals surface area contributed by atoms with Crippen molar-refractivity contribution in [1.29, 1.82) is 0 Å². The van der Waals surface area contributed by atoms with E-state index in [4.69, 9.17) is 4.74 Å². The van der Waals surface area contributed by atoms with Gasteiger partial charge in [-0.05, 0) is 50.3 Å². The van der Waals surface area contributed by atoms with Crippen LogP contribution in [0.3, 0.4) is 0 Å². The van der Waals surface area contributed by atoms with Crippen LogP contribution < -0.4 is 4.74 Å². The van der Waals surface area contributed by atoms with E-state index < -0.39 is 5.41 Å². The summed E-state index contributed by atoms with van der Waals surface area (Å²) in [4.78, 5) is 19.8. The number of nitrogens with one attached hydrogen (secondary N) is 1. The first kappa shape index (κ1) is 21.3. The highest BCUT2D eigenvalue weighted by atomic mass is 16.5. The zero-order valence-corrected chi connectivity index (χ0v) is 18.4. The van der Waals surface area contributed by atoms with Crippen molar-refractivity contribution >= 4 is 5.91 Å². The number of amides is 1. The maximum atomic E-state index is 13.3. The van der Waals surface area contributed by atoms with Crippen molar-refractivity contribution in [3.05, 3.63) is 41.5 Å². The van der Waals surface area contributed by atoms with E-state index in [1.54, 1.807) is 0 Å². The quantitative estimate of drug-likeness (QED) is 0.763. The highest BCUT2D eigenvalue weighted by Gasteiger charge is 2.36. The molecule has 1 aliphatic heterocycles. The van der Waals surface area contributed by atoms with Gasteiger partial charge in [0.1, 0.15) is 11.6 Å². The van der Waals surface area contributed by atoms with Crippen LogP contribution in [0.15, 0.2) is 24.3 Å². The predicted molar refractivity (Wildman–Crippen MR) is 114 cm³/mol. The fraction of sp³-hybridized carbons (Fsp3) is 0.609. The molecule has 0 atom stereocenters. The van der Waals surface area contributed by atoms with E-state index in [1.165, 1.54) is 0 Å². The Kier molecular flexibility index (Phi) is 6.60. The molecule has 1 fully saturated rings. The second-order valence-electron chi connectivity index (χ2n) is 8.91. The first-order valence-electron chi connectivity index (χ1n) is 10.7.